The second-order valence-corrected chi connectivity index (χ2v) is 7.66. The number of hydrogen-bond donors (Lipinski definition) is 1. The van der Waals surface area contributed by atoms with E-state index in [0.717, 1.165) is 12.0 Å². The molecule has 0 aliphatic rings. The maximum atomic E-state index is 11.9. The van der Waals surface area contributed by atoms with Gasteiger partial charge in [0.15, 0.2) is 0 Å². The van der Waals surface area contributed by atoms with Gasteiger partial charge in [-0.25, -0.2) is 13.1 Å². The van der Waals surface area contributed by atoms with Crippen molar-refractivity contribution in [2.75, 3.05) is 5.75 Å². The Balaban J connectivity index is 2.68. The Labute approximate surface area is 117 Å². The molecule has 1 aromatic carbocycles. The highest BCUT2D eigenvalue weighted by atomic mass is 32.2. The molecule has 0 atom stereocenters. The van der Waals surface area contributed by atoms with Gasteiger partial charge in [0.05, 0.1) is 5.75 Å². The molecule has 0 unspecified atom stereocenters. The van der Waals surface area contributed by atoms with Crippen molar-refractivity contribution < 1.29 is 8.42 Å². The number of hydrogen-bond acceptors (Lipinski definition) is 2. The second-order valence-electron chi connectivity index (χ2n) is 5.82. The number of aryl methyl sites for hydroxylation is 1. The molecule has 0 aromatic heterocycles. The maximum Gasteiger partial charge on any atom is 0.212 e. The first-order chi connectivity index (χ1) is 8.74. The summed E-state index contributed by atoms with van der Waals surface area (Å²) in [7, 11) is -3.18. The first kappa shape index (κ1) is 16.2. The van der Waals surface area contributed by atoms with Crippen LogP contribution in [0.25, 0.3) is 0 Å². The van der Waals surface area contributed by atoms with Gasteiger partial charge in [-0.15, -0.1) is 0 Å². The largest absolute Gasteiger partial charge is 0.212 e. The van der Waals surface area contributed by atoms with Crippen molar-refractivity contribution in [2.24, 2.45) is 0 Å². The molecule has 0 bridgehead atoms. The fourth-order valence-corrected chi connectivity index (χ4v) is 3.74. The fraction of sp³-hybridized carbons (Fsp3) is 0.600. The highest BCUT2D eigenvalue weighted by Crippen LogP contribution is 2.15. The third kappa shape index (κ3) is 6.21. The molecular formula is C15H25NO2S. The minimum absolute atomic E-state index is 0.209. The average molecular weight is 283 g/mol. The Hall–Kier alpha value is -0.870. The van der Waals surface area contributed by atoms with Gasteiger partial charge in [-0.2, -0.15) is 0 Å². The second kappa shape index (κ2) is 6.53. The van der Waals surface area contributed by atoms with E-state index < -0.39 is 15.6 Å². The Morgan fingerprint density at radius 1 is 1.16 bits per heavy atom. The molecular weight excluding hydrogens is 258 g/mol. The van der Waals surface area contributed by atoms with Crippen LogP contribution in [0.5, 0.6) is 0 Å². The third-order valence-electron chi connectivity index (χ3n) is 2.97. The number of sulfonamides is 1. The molecule has 0 aliphatic heterocycles. The summed E-state index contributed by atoms with van der Waals surface area (Å²) in [4.78, 5) is 0. The Morgan fingerprint density at radius 2 is 1.74 bits per heavy atom. The zero-order chi connectivity index (χ0) is 14.5. The number of benzene rings is 1. The third-order valence-corrected chi connectivity index (χ3v) is 4.65. The van der Waals surface area contributed by atoms with E-state index in [1.807, 2.05) is 27.7 Å². The van der Waals surface area contributed by atoms with Crippen LogP contribution in [0.1, 0.15) is 44.7 Å². The molecule has 0 fully saturated rings. The number of nitrogens with one attached hydrogen (secondary N) is 1. The summed E-state index contributed by atoms with van der Waals surface area (Å²) in [6.07, 6.45) is 2.29. The lowest BCUT2D eigenvalue weighted by atomic mass is 9.96. The van der Waals surface area contributed by atoms with Gasteiger partial charge >= 0.3 is 0 Å². The van der Waals surface area contributed by atoms with Gasteiger partial charge in [0.25, 0.3) is 0 Å². The summed E-state index contributed by atoms with van der Waals surface area (Å²) < 4.78 is 26.7. The van der Waals surface area contributed by atoms with E-state index in [-0.39, 0.29) is 5.75 Å². The van der Waals surface area contributed by atoms with Gasteiger partial charge in [-0.05, 0) is 39.2 Å². The standard InChI is InChI=1S/C15H25NO2S/c1-5-6-11-19(17,18)16-15(3,4)12-14-9-7-13(2)8-10-14/h7-10,16H,5-6,11-12H2,1-4H3. The minimum atomic E-state index is -3.18. The first-order valence-corrected chi connectivity index (χ1v) is 8.46. The van der Waals surface area contributed by atoms with Crippen LogP contribution in [0, 0.1) is 6.92 Å². The summed E-state index contributed by atoms with van der Waals surface area (Å²) >= 11 is 0. The van der Waals surface area contributed by atoms with E-state index in [1.54, 1.807) is 0 Å². The molecule has 0 spiro atoms. The summed E-state index contributed by atoms with van der Waals surface area (Å²) in [6, 6.07) is 8.21. The lowest BCUT2D eigenvalue weighted by Gasteiger charge is -2.26. The van der Waals surface area contributed by atoms with Crippen LogP contribution in [-0.4, -0.2) is 19.7 Å². The van der Waals surface area contributed by atoms with Crippen molar-refractivity contribution in [3.8, 4) is 0 Å². The van der Waals surface area contributed by atoms with Crippen molar-refractivity contribution in [1.82, 2.24) is 4.72 Å². The summed E-state index contributed by atoms with van der Waals surface area (Å²) in [5.41, 5.74) is 1.90. The molecule has 0 saturated heterocycles. The molecule has 3 nitrogen and oxygen atoms in total. The van der Waals surface area contributed by atoms with Crippen molar-refractivity contribution in [3.63, 3.8) is 0 Å². The summed E-state index contributed by atoms with van der Waals surface area (Å²) in [5, 5.41) is 0. The van der Waals surface area contributed by atoms with Gasteiger partial charge in [0, 0.05) is 5.54 Å². The molecule has 1 rings (SSSR count). The van der Waals surface area contributed by atoms with Gasteiger partial charge in [0.1, 0.15) is 0 Å². The topological polar surface area (TPSA) is 46.2 Å². The van der Waals surface area contributed by atoms with Gasteiger partial charge in [0.2, 0.25) is 10.0 Å². The van der Waals surface area contributed by atoms with Crippen LogP contribution in [-0.2, 0) is 16.4 Å². The van der Waals surface area contributed by atoms with E-state index in [4.69, 9.17) is 0 Å². The van der Waals surface area contributed by atoms with Crippen LogP contribution in [0.4, 0.5) is 0 Å². The van der Waals surface area contributed by atoms with E-state index in [0.29, 0.717) is 12.8 Å². The Bertz CT molecular complexity index is 489. The van der Waals surface area contributed by atoms with Crippen LogP contribution in [0.2, 0.25) is 0 Å². The highest BCUT2D eigenvalue weighted by Gasteiger charge is 2.24. The van der Waals surface area contributed by atoms with E-state index in [2.05, 4.69) is 29.0 Å². The maximum absolute atomic E-state index is 11.9. The molecule has 1 N–H and O–H groups in total. The minimum Gasteiger partial charge on any atom is -0.212 e. The Kier molecular flexibility index (Phi) is 5.56. The normalized spacial score (nSPS) is 12.6. The predicted octanol–water partition coefficient (Wildman–Crippen LogP) is 3.04. The zero-order valence-electron chi connectivity index (χ0n) is 12.4. The molecule has 0 heterocycles. The van der Waals surface area contributed by atoms with Crippen molar-refractivity contribution in [2.45, 2.75) is 52.5 Å². The fourth-order valence-electron chi connectivity index (χ4n) is 2.06. The molecule has 0 saturated carbocycles. The molecule has 1 aromatic rings. The highest BCUT2D eigenvalue weighted by molar-refractivity contribution is 7.89. The lowest BCUT2D eigenvalue weighted by Crippen LogP contribution is -2.45. The quantitative estimate of drug-likeness (QED) is 0.836. The summed E-state index contributed by atoms with van der Waals surface area (Å²) in [5.74, 6) is 0.209. The van der Waals surface area contributed by atoms with Crippen molar-refractivity contribution in [3.05, 3.63) is 35.4 Å². The molecule has 0 radical (unpaired) electrons. The molecule has 0 amide bonds. The van der Waals surface area contributed by atoms with Gasteiger partial charge in [-0.3, -0.25) is 0 Å². The zero-order valence-corrected chi connectivity index (χ0v) is 13.2. The summed E-state index contributed by atoms with van der Waals surface area (Å²) in [6.45, 7) is 7.89. The number of rotatable bonds is 7. The molecule has 108 valence electrons. The Morgan fingerprint density at radius 3 is 2.26 bits per heavy atom. The molecule has 4 heteroatoms. The van der Waals surface area contributed by atoms with Crippen molar-refractivity contribution >= 4 is 10.0 Å². The van der Waals surface area contributed by atoms with Gasteiger partial charge in [-0.1, -0.05) is 43.2 Å². The molecule has 0 aliphatic carbocycles. The lowest BCUT2D eigenvalue weighted by molar-refractivity contribution is 0.449. The van der Waals surface area contributed by atoms with E-state index >= 15 is 0 Å². The SMILES string of the molecule is CCCCS(=O)(=O)NC(C)(C)Cc1ccc(C)cc1. The van der Waals surface area contributed by atoms with Crippen LogP contribution in [0.15, 0.2) is 24.3 Å². The predicted molar refractivity (Wildman–Crippen MR) is 80.8 cm³/mol. The van der Waals surface area contributed by atoms with Crippen LogP contribution in [0.3, 0.4) is 0 Å². The van der Waals surface area contributed by atoms with E-state index in [9.17, 15) is 8.42 Å². The average Bonchev–Trinajstić information content (AvgIpc) is 2.28. The number of unbranched alkanes of at least 4 members (excludes halogenated alkanes) is 1. The first-order valence-electron chi connectivity index (χ1n) is 6.81. The smallest absolute Gasteiger partial charge is 0.212 e. The van der Waals surface area contributed by atoms with E-state index in [1.165, 1.54) is 5.56 Å². The monoisotopic (exact) mass is 283 g/mol. The molecule has 19 heavy (non-hydrogen) atoms. The van der Waals surface area contributed by atoms with Gasteiger partial charge < -0.3 is 0 Å². The van der Waals surface area contributed by atoms with Crippen molar-refractivity contribution in [1.29, 1.82) is 0 Å². The van der Waals surface area contributed by atoms with Crippen LogP contribution >= 0.6 is 0 Å². The van der Waals surface area contributed by atoms with Crippen LogP contribution < -0.4 is 4.72 Å².